The Morgan fingerprint density at radius 1 is 0.974 bits per heavy atom. The van der Waals surface area contributed by atoms with Crippen molar-refractivity contribution in [1.29, 1.82) is 0 Å². The van der Waals surface area contributed by atoms with Gasteiger partial charge >= 0.3 is 5.97 Å². The van der Waals surface area contributed by atoms with Crippen LogP contribution in [-0.4, -0.2) is 71.4 Å². The third-order valence-corrected chi connectivity index (χ3v) is 7.67. The monoisotopic (exact) mass is 533 g/mol. The Balaban J connectivity index is 1.32. The number of epoxide rings is 1. The fourth-order valence-corrected chi connectivity index (χ4v) is 5.67. The van der Waals surface area contributed by atoms with Gasteiger partial charge in [-0.1, -0.05) is 74.5 Å². The van der Waals surface area contributed by atoms with Gasteiger partial charge in [0.2, 0.25) is 11.8 Å². The van der Waals surface area contributed by atoms with Gasteiger partial charge in [0.25, 0.3) is 5.91 Å². The predicted molar refractivity (Wildman–Crippen MR) is 142 cm³/mol. The molecule has 3 aliphatic rings. The smallest absolute Gasteiger partial charge is 0.328 e. The van der Waals surface area contributed by atoms with Gasteiger partial charge in [-0.3, -0.25) is 14.4 Å². The number of esters is 1. The Bertz CT molecular complexity index is 1220. The normalized spacial score (nSPS) is 26.2. The molecule has 9 nitrogen and oxygen atoms in total. The number of likely N-dealkylation sites (tertiary alicyclic amines) is 1. The fraction of sp³-hybridized carbons (Fsp3) is 0.467. The van der Waals surface area contributed by atoms with E-state index in [0.717, 1.165) is 11.1 Å². The zero-order valence-electron chi connectivity index (χ0n) is 22.5. The predicted octanol–water partition coefficient (Wildman–Crippen LogP) is 2.77. The number of hydrogen-bond acceptors (Lipinski definition) is 6. The first kappa shape index (κ1) is 26.9. The summed E-state index contributed by atoms with van der Waals surface area (Å²) < 4.78 is 10.6. The highest BCUT2D eigenvalue weighted by atomic mass is 16.6. The molecule has 5 rings (SSSR count). The van der Waals surface area contributed by atoms with E-state index in [-0.39, 0.29) is 23.8 Å². The van der Waals surface area contributed by atoms with Gasteiger partial charge in [0.1, 0.15) is 24.2 Å². The molecular formula is C30H35N3O6. The van der Waals surface area contributed by atoms with E-state index in [2.05, 4.69) is 5.32 Å². The first-order valence-corrected chi connectivity index (χ1v) is 13.6. The van der Waals surface area contributed by atoms with E-state index in [1.807, 2.05) is 74.5 Å². The van der Waals surface area contributed by atoms with Gasteiger partial charge in [-0.15, -0.1) is 0 Å². The van der Waals surface area contributed by atoms with Crippen molar-refractivity contribution in [2.24, 2.45) is 5.92 Å². The first-order valence-electron chi connectivity index (χ1n) is 13.6. The molecule has 3 heterocycles. The van der Waals surface area contributed by atoms with Crippen LogP contribution in [0.4, 0.5) is 0 Å². The molecule has 2 aromatic carbocycles. The van der Waals surface area contributed by atoms with Gasteiger partial charge in [-0.2, -0.15) is 0 Å². The molecule has 0 aliphatic carbocycles. The van der Waals surface area contributed by atoms with Crippen molar-refractivity contribution in [1.82, 2.24) is 15.1 Å². The van der Waals surface area contributed by atoms with E-state index < -0.39 is 42.1 Å². The highest BCUT2D eigenvalue weighted by Gasteiger charge is 2.59. The molecule has 39 heavy (non-hydrogen) atoms. The lowest BCUT2D eigenvalue weighted by molar-refractivity contribution is -0.146. The molecule has 0 spiro atoms. The SMILES string of the molecule is COC(=O)[C@H](CC(C)C)NC(=O)[C@@H]1[C@@H](c2ccccc2)N1C(=O)[C@@H]1CCCN1C(=O)[C@@H]1O[C@@H]1c1ccccc1. The lowest BCUT2D eigenvalue weighted by atomic mass is 10.0. The maximum Gasteiger partial charge on any atom is 0.328 e. The number of ether oxygens (including phenoxy) is 2. The summed E-state index contributed by atoms with van der Waals surface area (Å²) in [5, 5.41) is 2.81. The minimum atomic E-state index is -0.803. The Labute approximate surface area is 228 Å². The van der Waals surface area contributed by atoms with E-state index in [1.165, 1.54) is 7.11 Å². The minimum absolute atomic E-state index is 0.152. The Morgan fingerprint density at radius 3 is 2.23 bits per heavy atom. The van der Waals surface area contributed by atoms with Crippen LogP contribution in [0.3, 0.4) is 0 Å². The number of carbonyl (C=O) groups excluding carboxylic acids is 4. The van der Waals surface area contributed by atoms with E-state index in [9.17, 15) is 19.2 Å². The number of hydrogen-bond donors (Lipinski definition) is 1. The van der Waals surface area contributed by atoms with Gasteiger partial charge in [-0.25, -0.2) is 4.79 Å². The maximum atomic E-state index is 13.9. The lowest BCUT2D eigenvalue weighted by Gasteiger charge is -2.24. The van der Waals surface area contributed by atoms with Gasteiger partial charge in [-0.05, 0) is 36.3 Å². The summed E-state index contributed by atoms with van der Waals surface area (Å²) in [4.78, 5) is 56.2. The van der Waals surface area contributed by atoms with Crippen LogP contribution in [0.25, 0.3) is 0 Å². The zero-order chi connectivity index (χ0) is 27.7. The Hall–Kier alpha value is -3.72. The van der Waals surface area contributed by atoms with Crippen molar-refractivity contribution in [2.75, 3.05) is 13.7 Å². The number of nitrogens with one attached hydrogen (secondary N) is 1. The first-order chi connectivity index (χ1) is 18.8. The molecule has 3 aliphatic heterocycles. The molecular weight excluding hydrogens is 498 g/mol. The summed E-state index contributed by atoms with van der Waals surface area (Å²) in [5.74, 6) is -1.22. The molecule has 0 radical (unpaired) electrons. The second-order valence-electron chi connectivity index (χ2n) is 10.8. The van der Waals surface area contributed by atoms with E-state index >= 15 is 0 Å². The van der Waals surface area contributed by atoms with Crippen LogP contribution in [-0.2, 0) is 28.7 Å². The van der Waals surface area contributed by atoms with Crippen molar-refractivity contribution in [3.8, 4) is 0 Å². The van der Waals surface area contributed by atoms with Crippen LogP contribution in [0.2, 0.25) is 0 Å². The summed E-state index contributed by atoms with van der Waals surface area (Å²) in [6.45, 7) is 4.38. The number of nitrogens with zero attached hydrogens (tertiary/aromatic N) is 2. The summed E-state index contributed by atoms with van der Waals surface area (Å²) in [5.41, 5.74) is 1.77. The summed E-state index contributed by atoms with van der Waals surface area (Å²) in [6, 6.07) is 16.2. The number of rotatable bonds is 9. The fourth-order valence-electron chi connectivity index (χ4n) is 5.67. The summed E-state index contributed by atoms with van der Waals surface area (Å²) in [7, 11) is 1.29. The average molecular weight is 534 g/mol. The van der Waals surface area contributed by atoms with Gasteiger partial charge in [0, 0.05) is 6.54 Å². The maximum absolute atomic E-state index is 13.9. The van der Waals surface area contributed by atoms with Crippen molar-refractivity contribution in [2.45, 2.75) is 69.5 Å². The molecule has 3 fully saturated rings. The molecule has 3 saturated heterocycles. The summed E-state index contributed by atoms with van der Waals surface area (Å²) in [6.07, 6.45) is 0.741. The molecule has 1 N–H and O–H groups in total. The third-order valence-electron chi connectivity index (χ3n) is 7.67. The summed E-state index contributed by atoms with van der Waals surface area (Å²) >= 11 is 0. The van der Waals surface area contributed by atoms with E-state index in [0.29, 0.717) is 25.8 Å². The van der Waals surface area contributed by atoms with Crippen molar-refractivity contribution >= 4 is 23.7 Å². The molecule has 2 aromatic rings. The van der Waals surface area contributed by atoms with Crippen molar-refractivity contribution in [3.05, 3.63) is 71.8 Å². The van der Waals surface area contributed by atoms with Crippen LogP contribution < -0.4 is 5.32 Å². The number of carbonyl (C=O) groups is 4. The molecule has 3 amide bonds. The van der Waals surface area contributed by atoms with E-state index in [1.54, 1.807) is 9.80 Å². The van der Waals surface area contributed by atoms with E-state index in [4.69, 9.17) is 9.47 Å². The standard InChI is InChI=1S/C30H35N3O6/c1-18(2)17-21(30(37)38-3)31-27(34)24-23(19-11-6-4-7-12-19)33(24)28(35)22-15-10-16-32(22)29(36)26-25(39-26)20-13-8-5-9-14-20/h4-9,11-14,18,21-26H,10,15-17H2,1-3H3,(H,31,34)/t21-,22-,23+,24-,25+,26+,33?/m0/s1. The van der Waals surface area contributed by atoms with Crippen LogP contribution in [0.15, 0.2) is 60.7 Å². The van der Waals surface area contributed by atoms with Gasteiger partial charge < -0.3 is 24.6 Å². The Kier molecular flexibility index (Phi) is 7.70. The molecule has 0 saturated carbocycles. The number of amides is 3. The van der Waals surface area contributed by atoms with Gasteiger partial charge in [0.05, 0.1) is 13.2 Å². The molecule has 9 heteroatoms. The molecule has 0 aromatic heterocycles. The van der Waals surface area contributed by atoms with Crippen molar-refractivity contribution < 1.29 is 28.7 Å². The van der Waals surface area contributed by atoms with Crippen LogP contribution in [0, 0.1) is 5.92 Å². The molecule has 6 atom stereocenters. The highest BCUT2D eigenvalue weighted by molar-refractivity contribution is 5.99. The average Bonchev–Trinajstić information content (AvgIpc) is 3.85. The number of methoxy groups -OCH3 is 1. The zero-order valence-corrected chi connectivity index (χ0v) is 22.5. The lowest BCUT2D eigenvalue weighted by Crippen LogP contribution is -2.47. The van der Waals surface area contributed by atoms with Gasteiger partial charge in [0.15, 0.2) is 6.10 Å². The quantitative estimate of drug-likeness (QED) is 0.392. The largest absolute Gasteiger partial charge is 0.467 e. The highest BCUT2D eigenvalue weighted by Crippen LogP contribution is 2.46. The topological polar surface area (TPSA) is 108 Å². The van der Waals surface area contributed by atoms with Crippen LogP contribution >= 0.6 is 0 Å². The second-order valence-corrected chi connectivity index (χ2v) is 10.8. The van der Waals surface area contributed by atoms with Crippen LogP contribution in [0.1, 0.15) is 56.4 Å². The third kappa shape index (κ3) is 5.54. The molecule has 0 bridgehead atoms. The van der Waals surface area contributed by atoms with Crippen molar-refractivity contribution in [3.63, 3.8) is 0 Å². The number of benzene rings is 2. The minimum Gasteiger partial charge on any atom is -0.467 e. The molecule has 0 unspecified atom stereocenters. The second kappa shape index (κ2) is 11.2. The molecule has 206 valence electrons. The Morgan fingerprint density at radius 2 is 1.62 bits per heavy atom. The van der Waals surface area contributed by atoms with Crippen LogP contribution in [0.5, 0.6) is 0 Å².